The molecule has 3 rings (SSSR count). The molecule has 21 heavy (non-hydrogen) atoms. The Labute approximate surface area is 136 Å². The first-order valence-corrected chi connectivity index (χ1v) is 7.59. The lowest BCUT2D eigenvalue weighted by Crippen LogP contribution is -1.96. The molecule has 5 heteroatoms. The zero-order chi connectivity index (χ0) is 15.0. The van der Waals surface area contributed by atoms with Crippen molar-refractivity contribution in [3.05, 3.63) is 57.7 Å². The molecule has 106 valence electrons. The van der Waals surface area contributed by atoms with Crippen LogP contribution in [0, 0.1) is 6.92 Å². The number of nitrogen functional groups attached to an aromatic ring is 1. The van der Waals surface area contributed by atoms with Crippen LogP contribution in [0.2, 0.25) is 5.02 Å². The smallest absolute Gasteiger partial charge is 0.0727 e. The molecule has 0 unspecified atom stereocenters. The van der Waals surface area contributed by atoms with Crippen molar-refractivity contribution in [3.63, 3.8) is 0 Å². The number of nitrogens with one attached hydrogen (secondary N) is 1. The minimum absolute atomic E-state index is 0.662. The van der Waals surface area contributed by atoms with Crippen LogP contribution >= 0.6 is 27.5 Å². The van der Waals surface area contributed by atoms with Crippen LogP contribution in [0.15, 0.2) is 46.9 Å². The van der Waals surface area contributed by atoms with Gasteiger partial charge in [-0.3, -0.25) is 4.98 Å². The largest absolute Gasteiger partial charge is 0.399 e. The molecule has 0 saturated heterocycles. The molecule has 0 fully saturated rings. The van der Waals surface area contributed by atoms with E-state index in [4.69, 9.17) is 17.3 Å². The minimum atomic E-state index is 0.662. The Bertz CT molecular complexity index is 833. The molecular formula is C16H13BrClN3. The van der Waals surface area contributed by atoms with Crippen molar-refractivity contribution in [1.82, 2.24) is 4.98 Å². The van der Waals surface area contributed by atoms with E-state index >= 15 is 0 Å². The summed E-state index contributed by atoms with van der Waals surface area (Å²) in [7, 11) is 0. The molecule has 0 bridgehead atoms. The first-order valence-electron chi connectivity index (χ1n) is 6.42. The van der Waals surface area contributed by atoms with Crippen molar-refractivity contribution in [2.45, 2.75) is 6.92 Å². The van der Waals surface area contributed by atoms with E-state index in [-0.39, 0.29) is 0 Å². The number of hydrogen-bond donors (Lipinski definition) is 2. The molecule has 3 nitrogen and oxygen atoms in total. The predicted octanol–water partition coefficient (Wildman–Crippen LogP) is 5.28. The van der Waals surface area contributed by atoms with Gasteiger partial charge in [-0.05, 0) is 65.3 Å². The normalized spacial score (nSPS) is 10.8. The number of benzene rings is 2. The molecule has 0 radical (unpaired) electrons. The standard InChI is InChI=1S/C16H13BrClN3/c1-9-6-16(12-7-10(19)2-5-15(12)20-9)21-11-3-4-13(17)14(18)8-11/h2-8H,19H2,1H3,(H,20,21). The van der Waals surface area contributed by atoms with E-state index in [0.717, 1.165) is 32.4 Å². The van der Waals surface area contributed by atoms with Gasteiger partial charge in [0.15, 0.2) is 0 Å². The van der Waals surface area contributed by atoms with E-state index < -0.39 is 0 Å². The molecule has 3 aromatic rings. The molecular weight excluding hydrogens is 350 g/mol. The monoisotopic (exact) mass is 361 g/mol. The second-order valence-corrected chi connectivity index (χ2v) is 6.10. The van der Waals surface area contributed by atoms with Gasteiger partial charge in [-0.15, -0.1) is 0 Å². The Hall–Kier alpha value is -1.78. The van der Waals surface area contributed by atoms with Crippen LogP contribution in [0.4, 0.5) is 17.1 Å². The van der Waals surface area contributed by atoms with E-state index in [9.17, 15) is 0 Å². The van der Waals surface area contributed by atoms with Crippen LogP contribution in [-0.2, 0) is 0 Å². The first-order chi connectivity index (χ1) is 10.0. The summed E-state index contributed by atoms with van der Waals surface area (Å²) in [6, 6.07) is 13.5. The number of aromatic nitrogens is 1. The fraction of sp³-hybridized carbons (Fsp3) is 0.0625. The van der Waals surface area contributed by atoms with E-state index in [2.05, 4.69) is 26.2 Å². The third kappa shape index (κ3) is 2.96. The maximum atomic E-state index is 6.14. The SMILES string of the molecule is Cc1cc(Nc2ccc(Br)c(Cl)c2)c2cc(N)ccc2n1. The second kappa shape index (κ2) is 5.54. The van der Waals surface area contributed by atoms with Crippen LogP contribution in [0.25, 0.3) is 10.9 Å². The highest BCUT2D eigenvalue weighted by molar-refractivity contribution is 9.10. The molecule has 0 atom stereocenters. The Balaban J connectivity index is 2.10. The Morgan fingerprint density at radius 3 is 2.71 bits per heavy atom. The zero-order valence-electron chi connectivity index (χ0n) is 11.3. The Morgan fingerprint density at radius 1 is 1.14 bits per heavy atom. The molecule has 3 N–H and O–H groups in total. The molecule has 0 aliphatic carbocycles. The van der Waals surface area contributed by atoms with Crippen molar-refractivity contribution in [2.75, 3.05) is 11.1 Å². The molecule has 1 aromatic heterocycles. The lowest BCUT2D eigenvalue weighted by molar-refractivity contribution is 1.25. The van der Waals surface area contributed by atoms with Gasteiger partial charge in [0.25, 0.3) is 0 Å². The molecule has 2 aromatic carbocycles. The van der Waals surface area contributed by atoms with Crippen LogP contribution in [0.3, 0.4) is 0 Å². The molecule has 0 aliphatic rings. The van der Waals surface area contributed by atoms with E-state index in [1.807, 2.05) is 49.4 Å². The maximum Gasteiger partial charge on any atom is 0.0727 e. The highest BCUT2D eigenvalue weighted by Crippen LogP contribution is 2.31. The second-order valence-electron chi connectivity index (χ2n) is 4.84. The topological polar surface area (TPSA) is 50.9 Å². The highest BCUT2D eigenvalue weighted by Gasteiger charge is 2.06. The summed E-state index contributed by atoms with van der Waals surface area (Å²) in [5.41, 5.74) is 10.3. The quantitative estimate of drug-likeness (QED) is 0.609. The average Bonchev–Trinajstić information content (AvgIpc) is 2.43. The van der Waals surface area contributed by atoms with Crippen LogP contribution in [0.5, 0.6) is 0 Å². The van der Waals surface area contributed by atoms with Gasteiger partial charge in [0.05, 0.1) is 10.5 Å². The fourth-order valence-electron chi connectivity index (χ4n) is 2.21. The number of fused-ring (bicyclic) bond motifs is 1. The van der Waals surface area contributed by atoms with Gasteiger partial charge in [0, 0.05) is 32.6 Å². The molecule has 0 amide bonds. The summed E-state index contributed by atoms with van der Waals surface area (Å²) >= 11 is 9.53. The van der Waals surface area contributed by atoms with Crippen molar-refractivity contribution >= 4 is 55.5 Å². The number of nitrogens with zero attached hydrogens (tertiary/aromatic N) is 1. The average molecular weight is 363 g/mol. The summed E-state index contributed by atoms with van der Waals surface area (Å²) < 4.78 is 0.870. The lowest BCUT2D eigenvalue weighted by Gasteiger charge is -2.12. The van der Waals surface area contributed by atoms with Gasteiger partial charge in [0.2, 0.25) is 0 Å². The molecule has 0 aliphatic heterocycles. The van der Waals surface area contributed by atoms with E-state index in [1.165, 1.54) is 0 Å². The molecule has 0 spiro atoms. The predicted molar refractivity (Wildman–Crippen MR) is 93.3 cm³/mol. The number of halogens is 2. The van der Waals surface area contributed by atoms with Gasteiger partial charge < -0.3 is 11.1 Å². The Morgan fingerprint density at radius 2 is 1.95 bits per heavy atom. The van der Waals surface area contributed by atoms with Crippen molar-refractivity contribution in [1.29, 1.82) is 0 Å². The van der Waals surface area contributed by atoms with Crippen molar-refractivity contribution in [3.8, 4) is 0 Å². The summed E-state index contributed by atoms with van der Waals surface area (Å²) in [5.74, 6) is 0. The maximum absolute atomic E-state index is 6.14. The van der Waals surface area contributed by atoms with Gasteiger partial charge in [0.1, 0.15) is 0 Å². The first kappa shape index (κ1) is 14.2. The molecule has 0 saturated carbocycles. The van der Waals surface area contributed by atoms with Gasteiger partial charge in [-0.25, -0.2) is 0 Å². The van der Waals surface area contributed by atoms with Crippen LogP contribution < -0.4 is 11.1 Å². The van der Waals surface area contributed by atoms with E-state index in [0.29, 0.717) is 10.7 Å². The van der Waals surface area contributed by atoms with Crippen molar-refractivity contribution < 1.29 is 0 Å². The summed E-state index contributed by atoms with van der Waals surface area (Å²) in [6.07, 6.45) is 0. The van der Waals surface area contributed by atoms with Crippen LogP contribution in [0.1, 0.15) is 5.69 Å². The van der Waals surface area contributed by atoms with Gasteiger partial charge in [-0.2, -0.15) is 0 Å². The van der Waals surface area contributed by atoms with Gasteiger partial charge >= 0.3 is 0 Å². The van der Waals surface area contributed by atoms with E-state index in [1.54, 1.807) is 0 Å². The number of pyridine rings is 1. The zero-order valence-corrected chi connectivity index (χ0v) is 13.7. The third-order valence-corrected chi connectivity index (χ3v) is 4.39. The highest BCUT2D eigenvalue weighted by atomic mass is 79.9. The lowest BCUT2D eigenvalue weighted by atomic mass is 10.1. The fourth-order valence-corrected chi connectivity index (χ4v) is 2.64. The van der Waals surface area contributed by atoms with Crippen LogP contribution in [-0.4, -0.2) is 4.98 Å². The number of hydrogen-bond acceptors (Lipinski definition) is 3. The third-order valence-electron chi connectivity index (χ3n) is 3.16. The Kier molecular flexibility index (Phi) is 3.74. The number of anilines is 3. The minimum Gasteiger partial charge on any atom is -0.399 e. The van der Waals surface area contributed by atoms with Crippen molar-refractivity contribution in [2.24, 2.45) is 0 Å². The number of nitrogens with two attached hydrogens (primary N) is 1. The summed E-state index contributed by atoms with van der Waals surface area (Å²) in [6.45, 7) is 1.97. The molecule has 1 heterocycles. The number of aryl methyl sites for hydroxylation is 1. The summed E-state index contributed by atoms with van der Waals surface area (Å²) in [5, 5.41) is 5.03. The van der Waals surface area contributed by atoms with Gasteiger partial charge in [-0.1, -0.05) is 11.6 Å². The number of rotatable bonds is 2. The summed E-state index contributed by atoms with van der Waals surface area (Å²) in [4.78, 5) is 4.52.